The molecule has 9 heteroatoms. The van der Waals surface area contributed by atoms with Crippen molar-refractivity contribution in [1.29, 1.82) is 0 Å². The summed E-state index contributed by atoms with van der Waals surface area (Å²) in [5, 5.41) is 0. The van der Waals surface area contributed by atoms with Gasteiger partial charge in [0.25, 0.3) is 15.9 Å². The van der Waals surface area contributed by atoms with Gasteiger partial charge in [-0.15, -0.1) is 0 Å². The van der Waals surface area contributed by atoms with Crippen LogP contribution in [0.4, 0.5) is 15.8 Å². The summed E-state index contributed by atoms with van der Waals surface area (Å²) in [6.07, 6.45) is 3.47. The fourth-order valence-electron chi connectivity index (χ4n) is 4.30. The van der Waals surface area contributed by atoms with Crippen molar-refractivity contribution in [2.75, 3.05) is 30.9 Å². The van der Waals surface area contributed by atoms with Crippen molar-refractivity contribution >= 4 is 40.1 Å². The van der Waals surface area contributed by atoms with Gasteiger partial charge in [-0.05, 0) is 43.5 Å². The van der Waals surface area contributed by atoms with E-state index in [1.165, 1.54) is 23.8 Å². The normalized spacial score (nSPS) is 14.6. The largest absolute Gasteiger partial charge is 0.336 e. The number of aliphatic imine (C=N–C) groups is 1. The van der Waals surface area contributed by atoms with E-state index in [1.807, 2.05) is 18.2 Å². The van der Waals surface area contributed by atoms with Gasteiger partial charge in [0.1, 0.15) is 10.7 Å². The van der Waals surface area contributed by atoms with Gasteiger partial charge in [0, 0.05) is 43.9 Å². The maximum absolute atomic E-state index is 15.0. The van der Waals surface area contributed by atoms with Crippen LogP contribution < -0.4 is 4.72 Å². The molecule has 0 aromatic heterocycles. The molecule has 1 fully saturated rings. The molecule has 0 atom stereocenters. The molecular formula is C28H29FN4O3S. The molecule has 192 valence electrons. The van der Waals surface area contributed by atoms with Gasteiger partial charge in [-0.25, -0.2) is 12.8 Å². The summed E-state index contributed by atoms with van der Waals surface area (Å²) in [6.45, 7) is 8.58. The van der Waals surface area contributed by atoms with E-state index in [0.717, 1.165) is 12.6 Å². The zero-order valence-electron chi connectivity index (χ0n) is 20.6. The van der Waals surface area contributed by atoms with Crippen molar-refractivity contribution in [2.45, 2.75) is 18.4 Å². The Balaban J connectivity index is 1.44. The number of rotatable bonds is 8. The Kier molecular flexibility index (Phi) is 8.15. The van der Waals surface area contributed by atoms with E-state index in [-0.39, 0.29) is 27.7 Å². The molecule has 1 aliphatic heterocycles. The lowest BCUT2D eigenvalue weighted by Gasteiger charge is -2.34. The van der Waals surface area contributed by atoms with Gasteiger partial charge in [0.15, 0.2) is 0 Å². The Morgan fingerprint density at radius 2 is 1.78 bits per heavy atom. The van der Waals surface area contributed by atoms with Crippen LogP contribution in [0.15, 0.2) is 82.7 Å². The van der Waals surface area contributed by atoms with Crippen LogP contribution >= 0.6 is 0 Å². The standard InChI is InChI=1S/C28H29FN4O3S/c1-3-8-22-11-7-12-26(27(22)30-2)37(35,36)31-25-14-13-23(19-24(25)29)28(34)33-17-15-32(16-18-33)20-21-9-5-4-6-10-21/h3-14,19,31H,2,15-18,20H2,1H3/b8-3-. The summed E-state index contributed by atoms with van der Waals surface area (Å²) < 4.78 is 43.3. The third-order valence-electron chi connectivity index (χ3n) is 6.19. The molecule has 1 heterocycles. The van der Waals surface area contributed by atoms with Gasteiger partial charge >= 0.3 is 0 Å². The predicted molar refractivity (Wildman–Crippen MR) is 145 cm³/mol. The van der Waals surface area contributed by atoms with E-state index in [4.69, 9.17) is 0 Å². The summed E-state index contributed by atoms with van der Waals surface area (Å²) >= 11 is 0. The molecule has 1 aliphatic rings. The Bertz CT molecular complexity index is 1420. The highest BCUT2D eigenvalue weighted by atomic mass is 32.2. The van der Waals surface area contributed by atoms with Crippen LogP contribution in [0.3, 0.4) is 0 Å². The minimum Gasteiger partial charge on any atom is -0.336 e. The fraction of sp³-hybridized carbons (Fsp3) is 0.214. The number of carbonyl (C=O) groups is 1. The summed E-state index contributed by atoms with van der Waals surface area (Å²) in [4.78, 5) is 20.7. The second-order valence-electron chi connectivity index (χ2n) is 8.71. The quantitative estimate of drug-likeness (QED) is 0.426. The lowest BCUT2D eigenvalue weighted by atomic mass is 10.1. The van der Waals surface area contributed by atoms with Crippen molar-refractivity contribution in [3.63, 3.8) is 0 Å². The number of hydrogen-bond donors (Lipinski definition) is 1. The van der Waals surface area contributed by atoms with Gasteiger partial charge in [-0.1, -0.05) is 54.6 Å². The third-order valence-corrected chi connectivity index (χ3v) is 7.59. The molecule has 0 spiro atoms. The SMILES string of the molecule is C=Nc1c(/C=C\C)cccc1S(=O)(=O)Nc1ccc(C(=O)N2CCN(Cc3ccccc3)CC2)cc1F. The molecule has 1 saturated heterocycles. The fourth-order valence-corrected chi connectivity index (χ4v) is 5.56. The lowest BCUT2D eigenvalue weighted by molar-refractivity contribution is 0.0628. The molecule has 0 aliphatic carbocycles. The Morgan fingerprint density at radius 3 is 2.43 bits per heavy atom. The van der Waals surface area contributed by atoms with Crippen LogP contribution in [0.1, 0.15) is 28.4 Å². The highest BCUT2D eigenvalue weighted by Gasteiger charge is 2.25. The summed E-state index contributed by atoms with van der Waals surface area (Å²) in [6, 6.07) is 18.6. The Labute approximate surface area is 217 Å². The number of allylic oxidation sites excluding steroid dienone is 1. The number of carbonyl (C=O) groups excluding carboxylic acids is 1. The number of nitrogens with zero attached hydrogens (tertiary/aromatic N) is 3. The first-order valence-electron chi connectivity index (χ1n) is 11.9. The number of hydrogen-bond acceptors (Lipinski definition) is 5. The number of nitrogens with one attached hydrogen (secondary N) is 1. The number of piperazine rings is 1. The molecule has 37 heavy (non-hydrogen) atoms. The predicted octanol–water partition coefficient (Wildman–Crippen LogP) is 4.95. The first-order valence-corrected chi connectivity index (χ1v) is 13.4. The van der Waals surface area contributed by atoms with Crippen LogP contribution in [-0.4, -0.2) is 57.0 Å². The van der Waals surface area contributed by atoms with E-state index in [1.54, 1.807) is 36.1 Å². The monoisotopic (exact) mass is 520 g/mol. The smallest absolute Gasteiger partial charge is 0.264 e. The van der Waals surface area contributed by atoms with Crippen LogP contribution in [0.25, 0.3) is 6.08 Å². The number of anilines is 1. The maximum Gasteiger partial charge on any atom is 0.264 e. The molecule has 4 rings (SSSR count). The van der Waals surface area contributed by atoms with E-state index >= 15 is 0 Å². The average molecular weight is 521 g/mol. The van der Waals surface area contributed by atoms with Crippen molar-refractivity contribution in [3.05, 3.63) is 95.3 Å². The van der Waals surface area contributed by atoms with Crippen molar-refractivity contribution < 1.29 is 17.6 Å². The maximum atomic E-state index is 15.0. The first-order chi connectivity index (χ1) is 17.8. The highest BCUT2D eigenvalue weighted by Crippen LogP contribution is 2.31. The van der Waals surface area contributed by atoms with Crippen molar-refractivity contribution in [1.82, 2.24) is 9.80 Å². The molecular weight excluding hydrogens is 491 g/mol. The van der Waals surface area contributed by atoms with Gasteiger partial charge in [-0.3, -0.25) is 19.4 Å². The van der Waals surface area contributed by atoms with Crippen LogP contribution in [0, 0.1) is 5.82 Å². The number of halogens is 1. The summed E-state index contributed by atoms with van der Waals surface area (Å²) in [5.74, 6) is -1.13. The molecule has 3 aromatic carbocycles. The number of sulfonamides is 1. The Morgan fingerprint density at radius 1 is 1.05 bits per heavy atom. The summed E-state index contributed by atoms with van der Waals surface area (Å²) in [5.41, 5.74) is 1.88. The number of para-hydroxylation sites is 1. The van der Waals surface area contributed by atoms with E-state index in [0.29, 0.717) is 31.7 Å². The zero-order valence-corrected chi connectivity index (χ0v) is 21.4. The number of benzene rings is 3. The second kappa shape index (κ2) is 11.5. The molecule has 0 saturated carbocycles. The Hall–Kier alpha value is -3.82. The third kappa shape index (κ3) is 6.12. The van der Waals surface area contributed by atoms with Crippen molar-refractivity contribution in [2.24, 2.45) is 4.99 Å². The van der Waals surface area contributed by atoms with Gasteiger partial charge in [-0.2, -0.15) is 0 Å². The average Bonchev–Trinajstić information content (AvgIpc) is 2.90. The molecule has 1 N–H and O–H groups in total. The molecule has 0 unspecified atom stereocenters. The molecule has 1 amide bonds. The van der Waals surface area contributed by atoms with Crippen LogP contribution in [0.2, 0.25) is 0 Å². The summed E-state index contributed by atoms with van der Waals surface area (Å²) in [7, 11) is -4.16. The molecule has 3 aromatic rings. The van der Waals surface area contributed by atoms with Gasteiger partial charge in [0.2, 0.25) is 0 Å². The van der Waals surface area contributed by atoms with E-state index < -0.39 is 15.8 Å². The minimum atomic E-state index is -4.16. The lowest BCUT2D eigenvalue weighted by Crippen LogP contribution is -2.48. The zero-order chi connectivity index (χ0) is 26.4. The second-order valence-corrected chi connectivity index (χ2v) is 10.4. The number of amides is 1. The van der Waals surface area contributed by atoms with E-state index in [9.17, 15) is 17.6 Å². The topological polar surface area (TPSA) is 82.1 Å². The first kappa shape index (κ1) is 26.2. The minimum absolute atomic E-state index is 0.119. The van der Waals surface area contributed by atoms with Crippen LogP contribution in [0.5, 0.6) is 0 Å². The van der Waals surface area contributed by atoms with E-state index in [2.05, 4.69) is 33.5 Å². The molecule has 0 bridgehead atoms. The van der Waals surface area contributed by atoms with Gasteiger partial charge < -0.3 is 4.90 Å². The highest BCUT2D eigenvalue weighted by molar-refractivity contribution is 7.92. The van der Waals surface area contributed by atoms with Gasteiger partial charge in [0.05, 0.1) is 11.4 Å². The molecule has 0 radical (unpaired) electrons. The van der Waals surface area contributed by atoms with Crippen LogP contribution in [-0.2, 0) is 16.6 Å². The molecule has 7 nitrogen and oxygen atoms in total. The van der Waals surface area contributed by atoms with Crippen molar-refractivity contribution in [3.8, 4) is 0 Å².